The lowest BCUT2D eigenvalue weighted by Crippen LogP contribution is -2.25. The first-order valence-electron chi connectivity index (χ1n) is 36.7. The van der Waals surface area contributed by atoms with Gasteiger partial charge in [-0.15, -0.1) is 0 Å². The van der Waals surface area contributed by atoms with Crippen LogP contribution in [0.2, 0.25) is 0 Å². The standard InChI is InChI=1S/C101H69N3O6/c1-101(77-50-62-83(63-51-77)108-98(105)74-44-56-80(57-45-74)102(92-38-14-26-68-20-2-8-32-86(68)92)93-39-15-27-69-21-3-9-33-87(69)93,78-52-64-84(65-53-78)109-99(106)75-46-58-81(59-47-75)103(94-40-16-28-70-22-4-10-34-88(70)94)95-41-17-29-71-23-5-11-35-89(71)95)79-54-66-85(67-55-79)110-100(107)76-48-60-82(61-49-76)104(96-42-18-30-72-24-6-12-36-90(72)96)97-43-19-31-73-25-7-13-37-91(73)97/h2-67H,1H3. The number of fused-ring (bicyclic) bond motifs is 6. The number of benzene rings is 18. The van der Waals surface area contributed by atoms with E-state index in [1.165, 1.54) is 0 Å². The van der Waals surface area contributed by atoms with Crippen LogP contribution in [0.25, 0.3) is 64.6 Å². The van der Waals surface area contributed by atoms with Crippen LogP contribution in [0.3, 0.4) is 0 Å². The van der Waals surface area contributed by atoms with Crippen LogP contribution in [0.4, 0.5) is 51.2 Å². The van der Waals surface area contributed by atoms with Crippen LogP contribution >= 0.6 is 0 Å². The molecule has 0 fully saturated rings. The molecule has 0 N–H and O–H groups in total. The van der Waals surface area contributed by atoms with E-state index < -0.39 is 23.3 Å². The molecule has 0 aliphatic heterocycles. The molecule has 0 atom stereocenters. The maximum absolute atomic E-state index is 14.3. The summed E-state index contributed by atoms with van der Waals surface area (Å²) in [6.45, 7) is 2.11. The van der Waals surface area contributed by atoms with E-state index in [0.29, 0.717) is 33.9 Å². The predicted octanol–water partition coefficient (Wildman–Crippen LogP) is 26.0. The highest BCUT2D eigenvalue weighted by molar-refractivity contribution is 6.09. The molecule has 110 heavy (non-hydrogen) atoms. The lowest BCUT2D eigenvalue weighted by Gasteiger charge is -2.32. The van der Waals surface area contributed by atoms with Crippen molar-refractivity contribution in [2.45, 2.75) is 12.3 Å². The first-order chi connectivity index (χ1) is 54.1. The van der Waals surface area contributed by atoms with Crippen molar-refractivity contribution in [2.75, 3.05) is 14.7 Å². The minimum absolute atomic E-state index is 0.355. The number of nitrogens with zero attached hydrogens (tertiary/aromatic N) is 3. The Hall–Kier alpha value is -14.7. The monoisotopic (exact) mass is 1420 g/mol. The van der Waals surface area contributed by atoms with Gasteiger partial charge in [-0.1, -0.05) is 255 Å². The number of rotatable bonds is 18. The third kappa shape index (κ3) is 12.8. The number of hydrogen-bond acceptors (Lipinski definition) is 9. The van der Waals surface area contributed by atoms with Crippen molar-refractivity contribution in [3.8, 4) is 17.2 Å². The van der Waals surface area contributed by atoms with Crippen molar-refractivity contribution in [1.29, 1.82) is 0 Å². The SMILES string of the molecule is CC(c1ccc(OC(=O)c2ccc(N(c3cccc4ccccc34)c3cccc4ccccc34)cc2)cc1)(c1ccc(OC(=O)c2ccc(N(c3cccc4ccccc34)c3cccc4ccccc34)cc2)cc1)c1ccc(OC(=O)c2ccc(N(c3cccc4ccccc34)c3cccc4ccccc34)cc2)cc1. The third-order valence-electron chi connectivity index (χ3n) is 21.1. The van der Waals surface area contributed by atoms with Gasteiger partial charge in [0.05, 0.1) is 50.8 Å². The van der Waals surface area contributed by atoms with E-state index in [2.05, 4.69) is 240 Å². The molecule has 524 valence electrons. The predicted molar refractivity (Wildman–Crippen MR) is 448 cm³/mol. The minimum Gasteiger partial charge on any atom is -0.423 e. The topological polar surface area (TPSA) is 88.6 Å². The van der Waals surface area contributed by atoms with E-state index in [9.17, 15) is 14.4 Å². The second-order valence-electron chi connectivity index (χ2n) is 27.5. The molecule has 9 heteroatoms. The summed E-state index contributed by atoms with van der Waals surface area (Å²) in [5.74, 6) is -0.466. The number of hydrogen-bond donors (Lipinski definition) is 0. The fourth-order valence-electron chi connectivity index (χ4n) is 15.5. The first-order valence-corrected chi connectivity index (χ1v) is 36.7. The van der Waals surface area contributed by atoms with E-state index in [-0.39, 0.29) is 0 Å². The molecule has 0 unspecified atom stereocenters. The molecule has 0 saturated carbocycles. The quantitative estimate of drug-likeness (QED) is 0.0473. The minimum atomic E-state index is -0.880. The second kappa shape index (κ2) is 29.0. The Morgan fingerprint density at radius 1 is 0.209 bits per heavy atom. The Kier molecular flexibility index (Phi) is 17.7. The molecule has 0 saturated heterocycles. The van der Waals surface area contributed by atoms with E-state index in [0.717, 1.165) is 133 Å². The molecule has 18 aromatic rings. The Morgan fingerprint density at radius 2 is 0.391 bits per heavy atom. The Morgan fingerprint density at radius 3 is 0.591 bits per heavy atom. The molecule has 0 bridgehead atoms. The molecule has 0 aliphatic carbocycles. The number of anilines is 9. The summed E-state index contributed by atoms with van der Waals surface area (Å²) in [6, 6.07) is 133. The van der Waals surface area contributed by atoms with Gasteiger partial charge in [0.1, 0.15) is 17.2 Å². The van der Waals surface area contributed by atoms with Crippen LogP contribution < -0.4 is 28.9 Å². The van der Waals surface area contributed by atoms with Gasteiger partial charge in [-0.3, -0.25) is 0 Å². The normalized spacial score (nSPS) is 11.4. The van der Waals surface area contributed by atoms with Crippen LogP contribution in [-0.4, -0.2) is 17.9 Å². The third-order valence-corrected chi connectivity index (χ3v) is 21.1. The molecule has 0 spiro atoms. The van der Waals surface area contributed by atoms with Gasteiger partial charge in [-0.25, -0.2) is 14.4 Å². The molecule has 0 aromatic heterocycles. The molecule has 0 heterocycles. The largest absolute Gasteiger partial charge is 0.423 e. The van der Waals surface area contributed by atoms with Gasteiger partial charge < -0.3 is 28.9 Å². The van der Waals surface area contributed by atoms with Gasteiger partial charge in [-0.2, -0.15) is 0 Å². The van der Waals surface area contributed by atoms with Crippen molar-refractivity contribution < 1.29 is 28.6 Å². The summed E-state index contributed by atoms with van der Waals surface area (Å²) >= 11 is 0. The summed E-state index contributed by atoms with van der Waals surface area (Å²) < 4.78 is 18.5. The van der Waals surface area contributed by atoms with Crippen molar-refractivity contribution in [3.63, 3.8) is 0 Å². The molecular weight excluding hydrogens is 1350 g/mol. The average Bonchev–Trinajstić information content (AvgIpc) is 0.779. The highest BCUT2D eigenvalue weighted by Crippen LogP contribution is 2.47. The lowest BCUT2D eigenvalue weighted by atomic mass is 9.71. The van der Waals surface area contributed by atoms with E-state index in [1.54, 1.807) is 36.4 Å². The van der Waals surface area contributed by atoms with Crippen molar-refractivity contribution in [1.82, 2.24) is 0 Å². The number of carbonyl (C=O) groups excluding carboxylic acids is 3. The molecule has 0 radical (unpaired) electrons. The van der Waals surface area contributed by atoms with Crippen LogP contribution in [0.1, 0.15) is 54.7 Å². The summed E-state index contributed by atoms with van der Waals surface area (Å²) in [5.41, 5.74) is 11.5. The van der Waals surface area contributed by atoms with E-state index in [1.807, 2.05) is 146 Å². The van der Waals surface area contributed by atoms with Crippen LogP contribution in [0, 0.1) is 0 Å². The molecule has 18 rings (SSSR count). The maximum Gasteiger partial charge on any atom is 0.343 e. The highest BCUT2D eigenvalue weighted by Gasteiger charge is 2.33. The highest BCUT2D eigenvalue weighted by atomic mass is 16.5. The smallest absolute Gasteiger partial charge is 0.343 e. The zero-order valence-corrected chi connectivity index (χ0v) is 59.9. The van der Waals surface area contributed by atoms with Crippen molar-refractivity contribution in [2.24, 2.45) is 0 Å². The maximum atomic E-state index is 14.3. The first kappa shape index (κ1) is 67.2. The molecule has 0 amide bonds. The van der Waals surface area contributed by atoms with Gasteiger partial charge in [0.15, 0.2) is 0 Å². The average molecular weight is 1420 g/mol. The zero-order valence-electron chi connectivity index (χ0n) is 59.9. The number of ether oxygens (including phenoxy) is 3. The van der Waals surface area contributed by atoms with Crippen LogP contribution in [-0.2, 0) is 5.41 Å². The van der Waals surface area contributed by atoms with Gasteiger partial charge >= 0.3 is 17.9 Å². The molecule has 0 aliphatic rings. The molecular formula is C101H69N3O6. The van der Waals surface area contributed by atoms with Gasteiger partial charge in [0.25, 0.3) is 0 Å². The van der Waals surface area contributed by atoms with Gasteiger partial charge in [0, 0.05) is 54.8 Å². The molecule has 18 aromatic carbocycles. The lowest BCUT2D eigenvalue weighted by molar-refractivity contribution is 0.0725. The summed E-state index contributed by atoms with van der Waals surface area (Å²) in [4.78, 5) is 49.5. The Balaban J connectivity index is 0.630. The Labute approximate surface area is 636 Å². The summed E-state index contributed by atoms with van der Waals surface area (Å²) in [5, 5.41) is 13.3. The number of carbonyl (C=O) groups is 3. The number of esters is 3. The van der Waals surface area contributed by atoms with Crippen molar-refractivity contribution in [3.05, 3.63) is 434 Å². The van der Waals surface area contributed by atoms with E-state index in [4.69, 9.17) is 14.2 Å². The van der Waals surface area contributed by atoms with Gasteiger partial charge in [-0.05, 0) is 202 Å². The fraction of sp³-hybridized carbons (Fsp3) is 0.0198. The summed E-state index contributed by atoms with van der Waals surface area (Å²) in [6.07, 6.45) is 0. The fourth-order valence-corrected chi connectivity index (χ4v) is 15.5. The zero-order chi connectivity index (χ0) is 74.1. The van der Waals surface area contributed by atoms with Crippen LogP contribution in [0.15, 0.2) is 400 Å². The summed E-state index contributed by atoms with van der Waals surface area (Å²) in [7, 11) is 0. The van der Waals surface area contributed by atoms with Crippen molar-refractivity contribution >= 4 is 134 Å². The molecule has 9 nitrogen and oxygen atoms in total. The van der Waals surface area contributed by atoms with Crippen LogP contribution in [0.5, 0.6) is 17.2 Å². The van der Waals surface area contributed by atoms with Gasteiger partial charge in [0.2, 0.25) is 0 Å². The Bertz CT molecular complexity index is 5620. The van der Waals surface area contributed by atoms with E-state index >= 15 is 0 Å². The second-order valence-corrected chi connectivity index (χ2v) is 27.5.